The van der Waals surface area contributed by atoms with Crippen LogP contribution in [0.4, 0.5) is 0 Å². The van der Waals surface area contributed by atoms with Gasteiger partial charge in [0.1, 0.15) is 23.1 Å². The monoisotopic (exact) mass is 662 g/mol. The number of amides is 2. The van der Waals surface area contributed by atoms with Crippen LogP contribution in [0, 0.1) is 11.3 Å². The van der Waals surface area contributed by atoms with Gasteiger partial charge in [0.05, 0.1) is 48.2 Å². The number of carbonyl (C=O) groups excluding carboxylic acids is 2. The minimum absolute atomic E-state index is 0.0778. The average Bonchev–Trinajstić information content (AvgIpc) is 3.69. The molecule has 1 aromatic heterocycles. The molecule has 0 bridgehead atoms. The van der Waals surface area contributed by atoms with Crippen LogP contribution in [0.15, 0.2) is 96.2 Å². The van der Waals surface area contributed by atoms with Crippen LogP contribution in [0.3, 0.4) is 0 Å². The van der Waals surface area contributed by atoms with E-state index in [0.29, 0.717) is 29.2 Å². The summed E-state index contributed by atoms with van der Waals surface area (Å²) in [6.07, 6.45) is 5.49. The van der Waals surface area contributed by atoms with E-state index in [1.807, 2.05) is 60.7 Å². The van der Waals surface area contributed by atoms with E-state index >= 15 is 0 Å². The molecule has 2 aliphatic heterocycles. The third-order valence-corrected chi connectivity index (χ3v) is 10.2. The number of methoxy groups -OCH3 is 1. The fraction of sp³-hybridized carbons (Fsp3) is 0.243. The maximum Gasteiger partial charge on any atom is 0.272 e. The second-order valence-electron chi connectivity index (χ2n) is 11.6. The first-order chi connectivity index (χ1) is 23.2. The van der Waals surface area contributed by atoms with Crippen molar-refractivity contribution in [3.05, 3.63) is 107 Å². The number of hydrogen-bond donors (Lipinski definition) is 0. The summed E-state index contributed by atoms with van der Waals surface area (Å²) in [6, 6.07) is 24.9. The van der Waals surface area contributed by atoms with Crippen LogP contribution in [-0.4, -0.2) is 66.2 Å². The molecule has 4 aromatic rings. The highest BCUT2D eigenvalue weighted by Gasteiger charge is 2.45. The number of carbonyl (C=O) groups is 2. The van der Waals surface area contributed by atoms with Crippen molar-refractivity contribution in [2.75, 3.05) is 25.2 Å². The normalized spacial score (nSPS) is 18.3. The van der Waals surface area contributed by atoms with Gasteiger partial charge in [-0.1, -0.05) is 43.7 Å². The lowest BCUT2D eigenvalue weighted by molar-refractivity contribution is -0.142. The van der Waals surface area contributed by atoms with Crippen molar-refractivity contribution in [2.24, 2.45) is 0 Å². The highest BCUT2D eigenvalue weighted by Crippen LogP contribution is 2.39. The molecule has 0 radical (unpaired) electrons. The van der Waals surface area contributed by atoms with E-state index in [-0.39, 0.29) is 34.6 Å². The third-order valence-electron chi connectivity index (χ3n) is 8.42. The van der Waals surface area contributed by atoms with Gasteiger partial charge in [0.15, 0.2) is 9.84 Å². The molecule has 6 rings (SSSR count). The Balaban J connectivity index is 1.54. The highest BCUT2D eigenvalue weighted by molar-refractivity contribution is 7.91. The summed E-state index contributed by atoms with van der Waals surface area (Å²) in [5, 5.41) is 15.2. The van der Waals surface area contributed by atoms with Crippen molar-refractivity contribution in [1.29, 1.82) is 5.26 Å². The molecule has 3 heterocycles. The summed E-state index contributed by atoms with van der Waals surface area (Å²) < 4.78 is 37.7. The Morgan fingerprint density at radius 2 is 1.65 bits per heavy atom. The lowest BCUT2D eigenvalue weighted by Crippen LogP contribution is -2.49. The summed E-state index contributed by atoms with van der Waals surface area (Å²) in [6.45, 7) is 2.71. The predicted octanol–water partition coefficient (Wildman–Crippen LogP) is 5.64. The van der Waals surface area contributed by atoms with Gasteiger partial charge in [-0.3, -0.25) is 14.5 Å². The van der Waals surface area contributed by atoms with E-state index in [4.69, 9.17) is 14.6 Å². The topological polar surface area (TPSA) is 132 Å². The molecule has 1 unspecified atom stereocenters. The number of aromatic nitrogens is 2. The molecule has 3 aromatic carbocycles. The first kappa shape index (κ1) is 32.5. The Kier molecular flexibility index (Phi) is 9.28. The molecule has 11 heteroatoms. The van der Waals surface area contributed by atoms with Gasteiger partial charge in [0.2, 0.25) is 0 Å². The van der Waals surface area contributed by atoms with E-state index in [9.17, 15) is 23.3 Å². The molecule has 0 saturated carbocycles. The van der Waals surface area contributed by atoms with Gasteiger partial charge >= 0.3 is 0 Å². The number of nitriles is 1. The SMILES string of the molecule is CCCCOc1ccc(-c2nn(-c3ccccc3)cc2/C=C2\C(=O)N(C3CCS(=O)(=O)C3)C(=O)C(C#N)=C2c2ccc(OC)cc2)cc1. The van der Waals surface area contributed by atoms with Crippen LogP contribution < -0.4 is 9.47 Å². The van der Waals surface area contributed by atoms with Gasteiger partial charge < -0.3 is 9.47 Å². The first-order valence-corrected chi connectivity index (χ1v) is 17.5. The summed E-state index contributed by atoms with van der Waals surface area (Å²) in [5.41, 5.74) is 3.10. The standard InChI is InChI=1S/C37H34N4O6S/c1-3-4-19-47-31-16-12-26(13-17-31)35-27(23-40(39-35)28-8-6-5-7-9-28)21-32-34(25-10-14-30(46-2)15-11-25)33(22-38)37(43)41(36(32)42)29-18-20-48(44,45)24-29/h5-17,21,23,29H,3-4,18-20,24H2,1-2H3/b32-21-. The molecule has 1 fully saturated rings. The molecule has 0 aliphatic carbocycles. The number of hydrogen-bond acceptors (Lipinski definition) is 8. The number of sulfone groups is 1. The zero-order valence-corrected chi connectivity index (χ0v) is 27.4. The average molecular weight is 663 g/mol. The van der Waals surface area contributed by atoms with E-state index in [0.717, 1.165) is 34.7 Å². The van der Waals surface area contributed by atoms with Gasteiger partial charge in [0, 0.05) is 22.9 Å². The minimum atomic E-state index is -3.45. The Morgan fingerprint density at radius 1 is 0.958 bits per heavy atom. The van der Waals surface area contributed by atoms with Crippen molar-refractivity contribution in [2.45, 2.75) is 32.2 Å². The molecule has 2 aliphatic rings. The number of ether oxygens (including phenoxy) is 2. The summed E-state index contributed by atoms with van der Waals surface area (Å²) in [4.78, 5) is 29.2. The Labute approximate surface area is 279 Å². The van der Waals surface area contributed by atoms with Gasteiger partial charge in [-0.15, -0.1) is 0 Å². The van der Waals surface area contributed by atoms with Crippen LogP contribution in [0.25, 0.3) is 28.6 Å². The Hall–Kier alpha value is -5.47. The molecule has 244 valence electrons. The maximum absolute atomic E-state index is 14.4. The van der Waals surface area contributed by atoms with Crippen LogP contribution in [0.5, 0.6) is 11.5 Å². The fourth-order valence-corrected chi connectivity index (χ4v) is 7.63. The number of nitrogens with zero attached hydrogens (tertiary/aromatic N) is 4. The van der Waals surface area contributed by atoms with Crippen molar-refractivity contribution in [3.63, 3.8) is 0 Å². The first-order valence-electron chi connectivity index (χ1n) is 15.7. The van der Waals surface area contributed by atoms with Gasteiger partial charge in [-0.05, 0) is 73.0 Å². The van der Waals surface area contributed by atoms with Crippen LogP contribution >= 0.6 is 0 Å². The van der Waals surface area contributed by atoms with Crippen LogP contribution in [0.2, 0.25) is 0 Å². The number of imide groups is 1. The van der Waals surface area contributed by atoms with Crippen molar-refractivity contribution in [3.8, 4) is 34.5 Å². The molecule has 10 nitrogen and oxygen atoms in total. The lowest BCUT2D eigenvalue weighted by atomic mass is 9.86. The lowest BCUT2D eigenvalue weighted by Gasteiger charge is -2.32. The van der Waals surface area contributed by atoms with Crippen LogP contribution in [0.1, 0.15) is 37.3 Å². The zero-order chi connectivity index (χ0) is 33.8. The Morgan fingerprint density at radius 3 is 2.27 bits per heavy atom. The number of rotatable bonds is 10. The largest absolute Gasteiger partial charge is 0.497 e. The number of benzene rings is 3. The van der Waals surface area contributed by atoms with E-state index in [2.05, 4.69) is 6.92 Å². The number of unbranched alkanes of at least 4 members (excludes halogenated alkanes) is 1. The molecular formula is C37H34N4O6S. The second kappa shape index (κ2) is 13.7. The van der Waals surface area contributed by atoms with Gasteiger partial charge in [-0.25, -0.2) is 13.1 Å². The summed E-state index contributed by atoms with van der Waals surface area (Å²) in [5.74, 6) is -0.699. The van der Waals surface area contributed by atoms with Crippen molar-refractivity contribution >= 4 is 33.3 Å². The highest BCUT2D eigenvalue weighted by atomic mass is 32.2. The van der Waals surface area contributed by atoms with Crippen molar-refractivity contribution < 1.29 is 27.5 Å². The maximum atomic E-state index is 14.4. The van der Waals surface area contributed by atoms with Crippen LogP contribution in [-0.2, 0) is 19.4 Å². The summed E-state index contributed by atoms with van der Waals surface area (Å²) in [7, 11) is -1.92. The molecule has 1 atom stereocenters. The van der Waals surface area contributed by atoms with E-state index in [1.165, 1.54) is 7.11 Å². The van der Waals surface area contributed by atoms with E-state index in [1.54, 1.807) is 41.2 Å². The van der Waals surface area contributed by atoms with Crippen molar-refractivity contribution in [1.82, 2.24) is 14.7 Å². The molecular weight excluding hydrogens is 628 g/mol. The number of para-hydroxylation sites is 1. The molecule has 1 saturated heterocycles. The Bertz CT molecular complexity index is 2060. The summed E-state index contributed by atoms with van der Waals surface area (Å²) >= 11 is 0. The molecule has 0 N–H and O–H groups in total. The second-order valence-corrected chi connectivity index (χ2v) is 13.9. The molecule has 2 amide bonds. The fourth-order valence-electron chi connectivity index (χ4n) is 5.93. The zero-order valence-electron chi connectivity index (χ0n) is 26.6. The van der Waals surface area contributed by atoms with Gasteiger partial charge in [-0.2, -0.15) is 10.4 Å². The predicted molar refractivity (Wildman–Crippen MR) is 182 cm³/mol. The van der Waals surface area contributed by atoms with E-state index < -0.39 is 27.7 Å². The van der Waals surface area contributed by atoms with Gasteiger partial charge in [0.25, 0.3) is 11.8 Å². The quantitative estimate of drug-likeness (QED) is 0.121. The smallest absolute Gasteiger partial charge is 0.272 e. The molecule has 48 heavy (non-hydrogen) atoms. The molecule has 0 spiro atoms. The third kappa shape index (κ3) is 6.52. The minimum Gasteiger partial charge on any atom is -0.497 e.